The van der Waals surface area contributed by atoms with Gasteiger partial charge in [-0.15, -0.1) is 0 Å². The fourth-order valence-corrected chi connectivity index (χ4v) is 2.34. The van der Waals surface area contributed by atoms with Crippen LogP contribution in [0, 0.1) is 10.1 Å². The Balaban J connectivity index is 1.99. The number of rotatable bonds is 5. The van der Waals surface area contributed by atoms with Gasteiger partial charge in [-0.3, -0.25) is 15.2 Å². The van der Waals surface area contributed by atoms with Crippen LogP contribution in [-0.4, -0.2) is 27.2 Å². The number of non-ortho nitro benzene ring substituents is 1. The van der Waals surface area contributed by atoms with Crippen LogP contribution in [0.3, 0.4) is 0 Å². The van der Waals surface area contributed by atoms with Crippen LogP contribution < -0.4 is 10.5 Å². The van der Waals surface area contributed by atoms with E-state index < -0.39 is 11.0 Å². The molecule has 0 unspecified atom stereocenters. The number of nitro benzene ring substituents is 1. The maximum absolute atomic E-state index is 11.0. The number of hydrogen-bond acceptors (Lipinski definition) is 6. The first-order valence-corrected chi connectivity index (χ1v) is 7.15. The van der Waals surface area contributed by atoms with Gasteiger partial charge in [0.25, 0.3) is 5.69 Å². The molecule has 8 heteroatoms. The molecule has 8 nitrogen and oxygen atoms in total. The fourth-order valence-electron chi connectivity index (χ4n) is 2.34. The predicted octanol–water partition coefficient (Wildman–Crippen LogP) is 2.44. The Morgan fingerprint density at radius 1 is 1.25 bits per heavy atom. The van der Waals surface area contributed by atoms with E-state index in [1.165, 1.54) is 25.3 Å². The summed E-state index contributed by atoms with van der Waals surface area (Å²) in [7, 11) is 1.48. The molecule has 0 amide bonds. The Morgan fingerprint density at radius 3 is 2.67 bits per heavy atom. The highest BCUT2D eigenvalue weighted by atomic mass is 16.6. The van der Waals surface area contributed by atoms with Gasteiger partial charge in [0, 0.05) is 12.1 Å². The largest absolute Gasteiger partial charge is 0.496 e. The maximum atomic E-state index is 11.0. The number of nitrogens with two attached hydrogens (primary N) is 1. The maximum Gasteiger partial charge on any atom is 0.270 e. The van der Waals surface area contributed by atoms with Gasteiger partial charge >= 0.3 is 0 Å². The van der Waals surface area contributed by atoms with Crippen LogP contribution in [0.15, 0.2) is 48.5 Å². The number of hydrogen-bond donors (Lipinski definition) is 2. The molecule has 122 valence electrons. The summed E-state index contributed by atoms with van der Waals surface area (Å²) in [5.74, 6) is 1.20. The van der Waals surface area contributed by atoms with Crippen molar-refractivity contribution in [2.45, 2.75) is 6.04 Å². The Hall–Kier alpha value is -3.26. The van der Waals surface area contributed by atoms with Crippen LogP contribution in [0.2, 0.25) is 0 Å². The van der Waals surface area contributed by atoms with Crippen molar-refractivity contribution in [3.63, 3.8) is 0 Å². The van der Waals surface area contributed by atoms with Crippen LogP contribution in [-0.2, 0) is 0 Å². The van der Waals surface area contributed by atoms with Gasteiger partial charge in [0.2, 0.25) is 0 Å². The molecule has 1 aromatic heterocycles. The second-order valence-electron chi connectivity index (χ2n) is 5.07. The van der Waals surface area contributed by atoms with Crippen molar-refractivity contribution >= 4 is 5.69 Å². The van der Waals surface area contributed by atoms with E-state index in [4.69, 9.17) is 10.5 Å². The first kappa shape index (κ1) is 15.6. The predicted molar refractivity (Wildman–Crippen MR) is 87.5 cm³/mol. The Bertz CT molecular complexity index is 863. The lowest BCUT2D eigenvalue weighted by Crippen LogP contribution is -2.13. The summed E-state index contributed by atoms with van der Waals surface area (Å²) in [4.78, 5) is 14.9. The van der Waals surface area contributed by atoms with Crippen LogP contribution in [0.1, 0.15) is 17.4 Å². The van der Waals surface area contributed by atoms with Crippen LogP contribution >= 0.6 is 0 Å². The number of nitrogens with zero attached hydrogens (tertiary/aromatic N) is 3. The quantitative estimate of drug-likeness (QED) is 0.549. The average Bonchev–Trinajstić information content (AvgIpc) is 3.11. The number of nitrogens with one attached hydrogen (secondary N) is 1. The highest BCUT2D eigenvalue weighted by Crippen LogP contribution is 2.31. The number of aromatic nitrogens is 3. The van der Waals surface area contributed by atoms with E-state index in [1.54, 1.807) is 0 Å². The second-order valence-corrected chi connectivity index (χ2v) is 5.07. The van der Waals surface area contributed by atoms with Gasteiger partial charge in [0.05, 0.1) is 23.6 Å². The van der Waals surface area contributed by atoms with Crippen molar-refractivity contribution in [3.8, 4) is 17.1 Å². The topological polar surface area (TPSA) is 120 Å². The van der Waals surface area contributed by atoms with Gasteiger partial charge in [0.1, 0.15) is 11.6 Å². The SMILES string of the molecule is COc1ccc([N+](=O)[O-])cc1-c1n[nH]c([C@@H](N)c2ccccc2)n1. The van der Waals surface area contributed by atoms with Gasteiger partial charge in [0.15, 0.2) is 5.82 Å². The molecule has 0 saturated carbocycles. The van der Waals surface area contributed by atoms with E-state index in [2.05, 4.69) is 15.2 Å². The molecule has 0 aliphatic rings. The summed E-state index contributed by atoms with van der Waals surface area (Å²) in [5.41, 5.74) is 7.42. The highest BCUT2D eigenvalue weighted by Gasteiger charge is 2.19. The Morgan fingerprint density at radius 2 is 2.00 bits per heavy atom. The van der Waals surface area contributed by atoms with Crippen molar-refractivity contribution < 1.29 is 9.66 Å². The average molecular weight is 325 g/mol. The number of methoxy groups -OCH3 is 1. The molecule has 3 N–H and O–H groups in total. The Kier molecular flexibility index (Phi) is 4.21. The molecule has 0 saturated heterocycles. The third kappa shape index (κ3) is 2.95. The minimum absolute atomic E-state index is 0.0653. The van der Waals surface area contributed by atoms with Gasteiger partial charge in [-0.1, -0.05) is 30.3 Å². The molecular weight excluding hydrogens is 310 g/mol. The summed E-state index contributed by atoms with van der Waals surface area (Å²) in [6.45, 7) is 0. The summed E-state index contributed by atoms with van der Waals surface area (Å²) < 4.78 is 5.24. The smallest absolute Gasteiger partial charge is 0.270 e. The van der Waals surface area contributed by atoms with E-state index in [0.717, 1.165) is 5.56 Å². The Labute approximate surface area is 137 Å². The molecule has 0 radical (unpaired) electrons. The minimum Gasteiger partial charge on any atom is -0.496 e. The van der Waals surface area contributed by atoms with E-state index in [1.807, 2.05) is 30.3 Å². The normalized spacial score (nSPS) is 11.9. The molecule has 0 fully saturated rings. The second kappa shape index (κ2) is 6.47. The first-order valence-electron chi connectivity index (χ1n) is 7.15. The minimum atomic E-state index is -0.480. The molecule has 1 heterocycles. The zero-order chi connectivity index (χ0) is 17.1. The summed E-state index contributed by atoms with van der Waals surface area (Å²) in [6, 6.07) is 13.2. The van der Waals surface area contributed by atoms with Crippen LogP contribution in [0.4, 0.5) is 5.69 Å². The lowest BCUT2D eigenvalue weighted by Gasteiger charge is -2.08. The third-order valence-corrected chi connectivity index (χ3v) is 3.59. The summed E-state index contributed by atoms with van der Waals surface area (Å²) in [6.07, 6.45) is 0. The molecule has 0 bridgehead atoms. The summed E-state index contributed by atoms with van der Waals surface area (Å²) >= 11 is 0. The lowest BCUT2D eigenvalue weighted by molar-refractivity contribution is -0.384. The van der Waals surface area contributed by atoms with E-state index >= 15 is 0 Å². The van der Waals surface area contributed by atoms with Crippen molar-refractivity contribution in [2.24, 2.45) is 5.73 Å². The molecule has 0 aliphatic heterocycles. The van der Waals surface area contributed by atoms with E-state index in [-0.39, 0.29) is 11.5 Å². The van der Waals surface area contributed by atoms with Gasteiger partial charge in [-0.25, -0.2) is 4.98 Å². The zero-order valence-corrected chi connectivity index (χ0v) is 12.8. The monoisotopic (exact) mass is 325 g/mol. The first-order chi connectivity index (χ1) is 11.6. The molecule has 3 aromatic rings. The molecule has 2 aromatic carbocycles. The molecular formula is C16H15N5O3. The van der Waals surface area contributed by atoms with E-state index in [9.17, 15) is 10.1 Å². The van der Waals surface area contributed by atoms with E-state index in [0.29, 0.717) is 17.1 Å². The number of H-pyrrole nitrogens is 1. The van der Waals surface area contributed by atoms with Crippen LogP contribution in [0.25, 0.3) is 11.4 Å². The molecule has 24 heavy (non-hydrogen) atoms. The van der Waals surface area contributed by atoms with Crippen molar-refractivity contribution in [1.82, 2.24) is 15.2 Å². The van der Waals surface area contributed by atoms with Gasteiger partial charge in [-0.2, -0.15) is 5.10 Å². The van der Waals surface area contributed by atoms with Crippen molar-refractivity contribution in [3.05, 3.63) is 70.0 Å². The van der Waals surface area contributed by atoms with Crippen LogP contribution in [0.5, 0.6) is 5.75 Å². The van der Waals surface area contributed by atoms with Crippen molar-refractivity contribution in [2.75, 3.05) is 7.11 Å². The number of aromatic amines is 1. The molecule has 3 rings (SSSR count). The van der Waals surface area contributed by atoms with Gasteiger partial charge < -0.3 is 10.5 Å². The fraction of sp³-hybridized carbons (Fsp3) is 0.125. The number of nitro groups is 1. The molecule has 0 aliphatic carbocycles. The standard InChI is InChI=1S/C16H15N5O3/c1-24-13-8-7-11(21(22)23)9-12(13)15-18-16(20-19-15)14(17)10-5-3-2-4-6-10/h2-9,14H,17H2,1H3,(H,18,19,20)/t14-/m0/s1. The molecule has 1 atom stereocenters. The number of benzene rings is 2. The number of ether oxygens (including phenoxy) is 1. The summed E-state index contributed by atoms with van der Waals surface area (Å²) in [5, 5.41) is 17.9. The third-order valence-electron chi connectivity index (χ3n) is 3.59. The van der Waals surface area contributed by atoms with Crippen molar-refractivity contribution in [1.29, 1.82) is 0 Å². The lowest BCUT2D eigenvalue weighted by atomic mass is 10.1. The highest BCUT2D eigenvalue weighted by molar-refractivity contribution is 5.67. The zero-order valence-electron chi connectivity index (χ0n) is 12.8. The van der Waals surface area contributed by atoms with Gasteiger partial charge in [-0.05, 0) is 11.6 Å². The molecule has 0 spiro atoms.